The highest BCUT2D eigenvalue weighted by atomic mass is 16.5. The summed E-state index contributed by atoms with van der Waals surface area (Å²) in [6.45, 7) is 0.500. The number of nitriles is 1. The second-order valence-corrected chi connectivity index (χ2v) is 9.48. The van der Waals surface area contributed by atoms with Crippen LogP contribution in [0.2, 0.25) is 0 Å². The maximum Gasteiger partial charge on any atom is 0.339 e. The molecule has 0 radical (unpaired) electrons. The molecule has 4 aliphatic carbocycles. The molecule has 2 aromatic rings. The lowest BCUT2D eigenvalue weighted by Crippen LogP contribution is -2.60. The molecule has 4 saturated carbocycles. The van der Waals surface area contributed by atoms with E-state index < -0.39 is 5.97 Å². The number of rotatable bonds is 8. The molecule has 3 unspecified atom stereocenters. The fraction of sp³-hybridized carbons (Fsp3) is 0.542. The number of nitrogens with zero attached hydrogens (tertiary/aromatic N) is 4. The van der Waals surface area contributed by atoms with Crippen LogP contribution in [0.25, 0.3) is 0 Å². The molecule has 0 amide bonds. The fourth-order valence-electron chi connectivity index (χ4n) is 6.35. The molecule has 32 heavy (non-hydrogen) atoms. The average Bonchev–Trinajstić information content (AvgIpc) is 2.76. The Kier molecular flexibility index (Phi) is 5.51. The van der Waals surface area contributed by atoms with E-state index in [1.54, 1.807) is 18.6 Å². The van der Waals surface area contributed by atoms with Gasteiger partial charge in [-0.3, -0.25) is 15.0 Å². The van der Waals surface area contributed by atoms with E-state index in [0.717, 1.165) is 43.5 Å². The van der Waals surface area contributed by atoms with Crippen LogP contribution in [0.5, 0.6) is 0 Å². The molecular formula is C24H27N5O3. The Bertz CT molecular complexity index is 1020. The molecule has 0 saturated heterocycles. The molecule has 0 aliphatic heterocycles. The number of carboxylic acid groups (broad SMARTS) is 1. The van der Waals surface area contributed by atoms with Gasteiger partial charge < -0.3 is 15.2 Å². The van der Waals surface area contributed by atoms with Crippen molar-refractivity contribution < 1.29 is 14.6 Å². The first-order valence-corrected chi connectivity index (χ1v) is 11.3. The first kappa shape index (κ1) is 20.8. The first-order chi connectivity index (χ1) is 15.5. The molecule has 166 valence electrons. The number of nitrogens with one attached hydrogen (secondary N) is 1. The third-order valence-electron chi connectivity index (χ3n) is 7.33. The second kappa shape index (κ2) is 8.47. The van der Waals surface area contributed by atoms with E-state index in [-0.39, 0.29) is 17.2 Å². The molecule has 2 aromatic heterocycles. The monoisotopic (exact) mass is 433 g/mol. The van der Waals surface area contributed by atoms with Gasteiger partial charge in [-0.25, -0.2) is 4.79 Å². The predicted octanol–water partition coefficient (Wildman–Crippen LogP) is 3.45. The van der Waals surface area contributed by atoms with Crippen molar-refractivity contribution in [2.24, 2.45) is 17.8 Å². The first-order valence-electron chi connectivity index (χ1n) is 11.3. The zero-order chi connectivity index (χ0) is 22.1. The van der Waals surface area contributed by atoms with E-state index in [1.165, 1.54) is 6.20 Å². The minimum Gasteiger partial charge on any atom is -0.478 e. The lowest BCUT2D eigenvalue weighted by molar-refractivity contribution is -0.165. The van der Waals surface area contributed by atoms with E-state index >= 15 is 0 Å². The molecule has 8 heteroatoms. The van der Waals surface area contributed by atoms with Crippen LogP contribution < -0.4 is 5.32 Å². The highest BCUT2D eigenvalue weighted by molar-refractivity contribution is 5.94. The summed E-state index contributed by atoms with van der Waals surface area (Å²) >= 11 is 0. The number of carbonyl (C=O) groups is 1. The number of ether oxygens (including phenoxy) is 1. The summed E-state index contributed by atoms with van der Waals surface area (Å²) in [6, 6.07) is 4.25. The lowest BCUT2D eigenvalue weighted by atomic mass is 9.52. The Balaban J connectivity index is 1.36. The smallest absolute Gasteiger partial charge is 0.339 e. The van der Waals surface area contributed by atoms with Crippen molar-refractivity contribution in [3.8, 4) is 6.07 Å². The third-order valence-corrected chi connectivity index (χ3v) is 7.33. The Morgan fingerprint density at radius 3 is 2.69 bits per heavy atom. The van der Waals surface area contributed by atoms with Crippen molar-refractivity contribution in [2.45, 2.75) is 56.6 Å². The van der Waals surface area contributed by atoms with Gasteiger partial charge in [0.2, 0.25) is 0 Å². The Morgan fingerprint density at radius 2 is 2.00 bits per heavy atom. The van der Waals surface area contributed by atoms with Crippen molar-refractivity contribution in [3.05, 3.63) is 47.8 Å². The van der Waals surface area contributed by atoms with Gasteiger partial charge in [-0.1, -0.05) is 0 Å². The second-order valence-electron chi connectivity index (χ2n) is 9.48. The Hall–Kier alpha value is -3.05. The third kappa shape index (κ3) is 4.05. The number of hydrogen-bond acceptors (Lipinski definition) is 7. The summed E-state index contributed by atoms with van der Waals surface area (Å²) in [4.78, 5) is 24.6. The molecule has 4 aliphatic rings. The minimum atomic E-state index is -0.980. The van der Waals surface area contributed by atoms with Crippen LogP contribution in [0.3, 0.4) is 0 Å². The number of aromatic carboxylic acids is 1. The summed E-state index contributed by atoms with van der Waals surface area (Å²) in [5.74, 6) is 0.575. The molecule has 8 nitrogen and oxygen atoms in total. The van der Waals surface area contributed by atoms with Crippen LogP contribution in [-0.4, -0.2) is 44.3 Å². The number of carboxylic acids is 1. The zero-order valence-electron chi connectivity index (χ0n) is 17.9. The van der Waals surface area contributed by atoms with Crippen molar-refractivity contribution in [3.63, 3.8) is 0 Å². The quantitative estimate of drug-likeness (QED) is 0.607. The zero-order valence-corrected chi connectivity index (χ0v) is 17.9. The Morgan fingerprint density at radius 1 is 1.19 bits per heavy atom. The lowest BCUT2D eigenvalue weighted by Gasteiger charge is -2.59. The van der Waals surface area contributed by atoms with Gasteiger partial charge in [0, 0.05) is 42.9 Å². The molecular weight excluding hydrogens is 406 g/mol. The molecule has 6 rings (SSSR count). The SMILES string of the molecule is N#CCCOC12CC3C[C@H](C1)C(Nc1cc(Cc4cnccn4)ncc1C(=O)O)[C@@H](C3)C2. The van der Waals surface area contributed by atoms with E-state index in [4.69, 9.17) is 10.00 Å². The predicted molar refractivity (Wildman–Crippen MR) is 116 cm³/mol. The van der Waals surface area contributed by atoms with Gasteiger partial charge in [0.25, 0.3) is 0 Å². The van der Waals surface area contributed by atoms with Crippen LogP contribution in [0, 0.1) is 29.1 Å². The van der Waals surface area contributed by atoms with E-state index in [1.807, 2.05) is 6.07 Å². The van der Waals surface area contributed by atoms with Crippen LogP contribution in [0.4, 0.5) is 5.69 Å². The molecule has 2 N–H and O–H groups in total. The van der Waals surface area contributed by atoms with Gasteiger partial charge in [-0.2, -0.15) is 5.26 Å². The number of aromatic nitrogens is 3. The summed E-state index contributed by atoms with van der Waals surface area (Å²) in [7, 11) is 0. The van der Waals surface area contributed by atoms with Gasteiger partial charge in [-0.05, 0) is 55.9 Å². The fourth-order valence-corrected chi connectivity index (χ4v) is 6.35. The molecule has 5 atom stereocenters. The van der Waals surface area contributed by atoms with Gasteiger partial charge in [0.05, 0.1) is 36.1 Å². The maximum atomic E-state index is 11.9. The Labute approximate surface area is 187 Å². The molecule has 4 fully saturated rings. The van der Waals surface area contributed by atoms with Crippen molar-refractivity contribution in [2.75, 3.05) is 11.9 Å². The summed E-state index contributed by atoms with van der Waals surface area (Å²) < 4.78 is 6.26. The van der Waals surface area contributed by atoms with Crippen molar-refractivity contribution in [1.82, 2.24) is 15.0 Å². The van der Waals surface area contributed by atoms with Crippen molar-refractivity contribution >= 4 is 11.7 Å². The van der Waals surface area contributed by atoms with E-state index in [9.17, 15) is 9.90 Å². The highest BCUT2D eigenvalue weighted by Gasteiger charge is 2.56. The average molecular weight is 434 g/mol. The highest BCUT2D eigenvalue weighted by Crippen LogP contribution is 2.57. The number of hydrogen-bond donors (Lipinski definition) is 2. The van der Waals surface area contributed by atoms with Crippen LogP contribution in [0.15, 0.2) is 30.9 Å². The molecule has 2 heterocycles. The summed E-state index contributed by atoms with van der Waals surface area (Å²) in [5.41, 5.74) is 2.28. The number of pyridine rings is 1. The standard InChI is InChI=1S/C24H27N5O3/c25-2-1-5-32-24-10-15-6-16(11-24)22(17(7-15)12-24)29-21-9-18(28-14-20(21)23(30)31)8-19-13-26-3-4-27-19/h3-4,9,13-17,22H,1,5-8,10-12H2,(H,28,29)(H,30,31)/t15?,16-,17+,22?,24?. The van der Waals surface area contributed by atoms with Crippen LogP contribution >= 0.6 is 0 Å². The normalized spacial score (nSPS) is 30.1. The summed E-state index contributed by atoms with van der Waals surface area (Å²) in [5, 5.41) is 22.2. The summed E-state index contributed by atoms with van der Waals surface area (Å²) in [6.07, 6.45) is 12.7. The molecule has 0 spiro atoms. The minimum absolute atomic E-state index is 0.101. The number of anilines is 1. The maximum absolute atomic E-state index is 11.9. The van der Waals surface area contributed by atoms with Crippen molar-refractivity contribution in [1.29, 1.82) is 5.26 Å². The molecule has 4 bridgehead atoms. The van der Waals surface area contributed by atoms with Gasteiger partial charge in [0.15, 0.2) is 0 Å². The van der Waals surface area contributed by atoms with Gasteiger partial charge >= 0.3 is 5.97 Å². The van der Waals surface area contributed by atoms with E-state index in [2.05, 4.69) is 26.3 Å². The van der Waals surface area contributed by atoms with Gasteiger partial charge in [-0.15, -0.1) is 0 Å². The molecule has 0 aromatic carbocycles. The van der Waals surface area contributed by atoms with Gasteiger partial charge in [0.1, 0.15) is 5.56 Å². The van der Waals surface area contributed by atoms with E-state index in [0.29, 0.717) is 42.9 Å². The topological polar surface area (TPSA) is 121 Å². The largest absolute Gasteiger partial charge is 0.478 e. The van der Waals surface area contributed by atoms with Crippen LogP contribution in [-0.2, 0) is 11.2 Å². The van der Waals surface area contributed by atoms with Crippen LogP contribution in [0.1, 0.15) is 60.3 Å².